The molecule has 148 valence electrons. The number of benzene rings is 3. The first-order valence-electron chi connectivity index (χ1n) is 8.86. The first kappa shape index (κ1) is 19.9. The molecule has 3 aromatic carbocycles. The van der Waals surface area contributed by atoms with E-state index in [0.717, 1.165) is 0 Å². The van der Waals surface area contributed by atoms with E-state index in [0.29, 0.717) is 33.8 Å². The highest BCUT2D eigenvalue weighted by Crippen LogP contribution is 2.23. The second-order valence-corrected chi connectivity index (χ2v) is 6.29. The maximum atomic E-state index is 14.9. The van der Waals surface area contributed by atoms with E-state index in [-0.39, 0.29) is 24.9 Å². The highest BCUT2D eigenvalue weighted by molar-refractivity contribution is 5.98. The van der Waals surface area contributed by atoms with Crippen LogP contribution in [0.5, 0.6) is 11.5 Å². The zero-order valence-corrected chi connectivity index (χ0v) is 15.6. The molecule has 0 spiro atoms. The third-order valence-electron chi connectivity index (χ3n) is 4.28. The third kappa shape index (κ3) is 4.70. The summed E-state index contributed by atoms with van der Waals surface area (Å²) in [7, 11) is 0. The summed E-state index contributed by atoms with van der Waals surface area (Å²) in [4.78, 5) is 0. The van der Waals surface area contributed by atoms with Crippen LogP contribution in [0.2, 0.25) is 0 Å². The lowest BCUT2D eigenvalue weighted by atomic mass is 10.1. The van der Waals surface area contributed by atoms with Crippen molar-refractivity contribution in [3.8, 4) is 11.5 Å². The molecule has 0 aromatic heterocycles. The van der Waals surface area contributed by atoms with Crippen LogP contribution in [0.4, 0.5) is 4.39 Å². The largest absolute Gasteiger partial charge is 0.488 e. The molecule has 0 atom stereocenters. The molecule has 0 saturated heterocycles. The van der Waals surface area contributed by atoms with Crippen molar-refractivity contribution in [1.82, 2.24) is 0 Å². The normalized spacial score (nSPS) is 10.4. The van der Waals surface area contributed by atoms with Crippen LogP contribution in [-0.2, 0) is 13.2 Å². The van der Waals surface area contributed by atoms with Gasteiger partial charge in [0.15, 0.2) is 0 Å². The Morgan fingerprint density at radius 3 is 1.52 bits per heavy atom. The summed E-state index contributed by atoms with van der Waals surface area (Å²) >= 11 is 0. The first-order valence-corrected chi connectivity index (χ1v) is 8.86. The van der Waals surface area contributed by atoms with E-state index in [4.69, 9.17) is 31.8 Å². The van der Waals surface area contributed by atoms with E-state index in [9.17, 15) is 4.39 Å². The molecule has 6 N–H and O–H groups in total. The number of ether oxygens (including phenoxy) is 2. The molecule has 0 amide bonds. The Balaban J connectivity index is 1.74. The van der Waals surface area contributed by atoms with Crippen molar-refractivity contribution in [2.24, 2.45) is 11.5 Å². The van der Waals surface area contributed by atoms with E-state index in [1.165, 1.54) is 0 Å². The molecule has 29 heavy (non-hydrogen) atoms. The second-order valence-electron chi connectivity index (χ2n) is 6.29. The van der Waals surface area contributed by atoms with E-state index >= 15 is 0 Å². The molecular weight excluding hydrogens is 371 g/mol. The van der Waals surface area contributed by atoms with E-state index < -0.39 is 5.82 Å². The van der Waals surface area contributed by atoms with Crippen LogP contribution in [0, 0.1) is 16.6 Å². The van der Waals surface area contributed by atoms with Crippen molar-refractivity contribution in [3.63, 3.8) is 0 Å². The maximum Gasteiger partial charge on any atom is 0.136 e. The highest BCUT2D eigenvalue weighted by atomic mass is 19.1. The predicted molar refractivity (Wildman–Crippen MR) is 110 cm³/mol. The van der Waals surface area contributed by atoms with Crippen LogP contribution in [0.25, 0.3) is 0 Å². The van der Waals surface area contributed by atoms with Gasteiger partial charge in [-0.3, -0.25) is 10.8 Å². The predicted octanol–water partition coefficient (Wildman–Crippen LogP) is 3.55. The van der Waals surface area contributed by atoms with Gasteiger partial charge in [0.2, 0.25) is 0 Å². The summed E-state index contributed by atoms with van der Waals surface area (Å²) in [6.45, 7) is -0.0397. The molecule has 3 aromatic rings. The molecule has 0 heterocycles. The minimum atomic E-state index is -0.437. The summed E-state index contributed by atoms with van der Waals surface area (Å²) in [5.74, 6) is 0.153. The minimum Gasteiger partial charge on any atom is -0.488 e. The van der Waals surface area contributed by atoms with Gasteiger partial charge in [-0.25, -0.2) is 4.39 Å². The number of hydrogen-bond donors (Lipinski definition) is 4. The Labute approximate surface area is 167 Å². The smallest absolute Gasteiger partial charge is 0.136 e. The molecule has 3 rings (SSSR count). The molecule has 0 bridgehead atoms. The number of nitrogens with one attached hydrogen (secondary N) is 2. The van der Waals surface area contributed by atoms with Gasteiger partial charge in [0.25, 0.3) is 0 Å². The summed E-state index contributed by atoms with van der Waals surface area (Å²) in [5.41, 5.74) is 12.7. The number of nitrogens with two attached hydrogens (primary N) is 2. The summed E-state index contributed by atoms with van der Waals surface area (Å²) in [5, 5.41) is 15.2. The quantitative estimate of drug-likeness (QED) is 0.346. The molecular formula is C22H21FN4O2. The Kier molecular flexibility index (Phi) is 6.09. The molecule has 0 aliphatic carbocycles. The van der Waals surface area contributed by atoms with E-state index in [1.807, 2.05) is 0 Å². The van der Waals surface area contributed by atoms with Gasteiger partial charge in [0.05, 0.1) is 11.1 Å². The van der Waals surface area contributed by atoms with Crippen molar-refractivity contribution in [2.45, 2.75) is 13.2 Å². The lowest BCUT2D eigenvalue weighted by Crippen LogP contribution is -2.14. The topological polar surface area (TPSA) is 118 Å². The number of hydrogen-bond acceptors (Lipinski definition) is 4. The number of nitrogen functional groups attached to an aromatic ring is 2. The monoisotopic (exact) mass is 392 g/mol. The average Bonchev–Trinajstić information content (AvgIpc) is 2.72. The minimum absolute atomic E-state index is 0.0198. The molecule has 0 unspecified atom stereocenters. The Morgan fingerprint density at radius 1 is 0.690 bits per heavy atom. The molecule has 7 heteroatoms. The summed E-state index contributed by atoms with van der Waals surface area (Å²) in [6, 6.07) is 18.7. The summed E-state index contributed by atoms with van der Waals surface area (Å²) in [6.07, 6.45) is 0. The average molecular weight is 392 g/mol. The fourth-order valence-electron chi connectivity index (χ4n) is 2.80. The van der Waals surface area contributed by atoms with Gasteiger partial charge in [-0.05, 0) is 24.3 Å². The van der Waals surface area contributed by atoms with Gasteiger partial charge in [-0.15, -0.1) is 0 Å². The van der Waals surface area contributed by atoms with Gasteiger partial charge >= 0.3 is 0 Å². The Hall–Kier alpha value is -3.87. The lowest BCUT2D eigenvalue weighted by molar-refractivity contribution is 0.287. The number of para-hydroxylation sites is 2. The molecule has 0 radical (unpaired) electrons. The zero-order chi connectivity index (χ0) is 20.8. The SMILES string of the molecule is N=C(N)c1ccccc1OCc1cccc(COc2ccccc2C(=N)N)c1F. The highest BCUT2D eigenvalue weighted by Gasteiger charge is 2.13. The Bertz CT molecular complexity index is 973. The van der Waals surface area contributed by atoms with Crippen molar-refractivity contribution in [1.29, 1.82) is 10.8 Å². The summed E-state index contributed by atoms with van der Waals surface area (Å²) < 4.78 is 26.3. The van der Waals surface area contributed by atoms with Crippen LogP contribution < -0.4 is 20.9 Å². The zero-order valence-electron chi connectivity index (χ0n) is 15.6. The van der Waals surface area contributed by atoms with Crippen LogP contribution in [-0.4, -0.2) is 11.7 Å². The van der Waals surface area contributed by atoms with Gasteiger partial charge in [0.1, 0.15) is 42.2 Å². The van der Waals surface area contributed by atoms with Gasteiger partial charge in [0, 0.05) is 11.1 Å². The van der Waals surface area contributed by atoms with Crippen molar-refractivity contribution in [3.05, 3.63) is 94.8 Å². The fraction of sp³-hybridized carbons (Fsp3) is 0.0909. The standard InChI is InChI=1S/C22H21FN4O2/c23-20-14(12-28-18-10-3-1-8-16(18)21(24)25)6-5-7-15(20)13-29-19-11-4-2-9-17(19)22(26)27/h1-11H,12-13H2,(H3,24,25)(H3,26,27). The van der Waals surface area contributed by atoms with Crippen LogP contribution in [0.1, 0.15) is 22.3 Å². The third-order valence-corrected chi connectivity index (χ3v) is 4.28. The van der Waals surface area contributed by atoms with Crippen molar-refractivity contribution >= 4 is 11.7 Å². The van der Waals surface area contributed by atoms with E-state index in [1.54, 1.807) is 66.7 Å². The lowest BCUT2D eigenvalue weighted by Gasteiger charge is -2.14. The van der Waals surface area contributed by atoms with E-state index in [2.05, 4.69) is 0 Å². The number of amidine groups is 2. The van der Waals surface area contributed by atoms with Crippen LogP contribution in [0.3, 0.4) is 0 Å². The van der Waals surface area contributed by atoms with Crippen LogP contribution in [0.15, 0.2) is 66.7 Å². The molecule has 0 fully saturated rings. The fourth-order valence-corrected chi connectivity index (χ4v) is 2.80. The van der Waals surface area contributed by atoms with Crippen LogP contribution >= 0.6 is 0 Å². The van der Waals surface area contributed by atoms with Crippen molar-refractivity contribution in [2.75, 3.05) is 0 Å². The molecule has 6 nitrogen and oxygen atoms in total. The van der Waals surface area contributed by atoms with Gasteiger partial charge in [-0.2, -0.15) is 0 Å². The molecule has 0 aliphatic rings. The first-order chi connectivity index (χ1) is 14.0. The number of halogens is 1. The second kappa shape index (κ2) is 8.88. The van der Waals surface area contributed by atoms with Gasteiger partial charge < -0.3 is 20.9 Å². The van der Waals surface area contributed by atoms with Crippen molar-refractivity contribution < 1.29 is 13.9 Å². The maximum absolute atomic E-state index is 14.9. The van der Waals surface area contributed by atoms with Gasteiger partial charge in [-0.1, -0.05) is 42.5 Å². The molecule has 0 aliphatic heterocycles. The number of rotatable bonds is 8. The molecule has 0 saturated carbocycles. The Morgan fingerprint density at radius 2 is 1.10 bits per heavy atom.